The SMILES string of the molecule is NCc1ccc(C(F)(F)F)c(-c2ccc(Cc3c[nH]c4ncccc34)cn2)c1. The zero-order chi connectivity index (χ0) is 19.7. The topological polar surface area (TPSA) is 67.6 Å². The quantitative estimate of drug-likeness (QED) is 0.538. The molecular formula is C21H17F3N4. The lowest BCUT2D eigenvalue weighted by Crippen LogP contribution is -2.09. The van der Waals surface area contributed by atoms with Gasteiger partial charge in [-0.15, -0.1) is 0 Å². The molecule has 3 heterocycles. The van der Waals surface area contributed by atoms with Gasteiger partial charge >= 0.3 is 6.18 Å². The third kappa shape index (κ3) is 3.48. The molecule has 0 atom stereocenters. The fraction of sp³-hybridized carbons (Fsp3) is 0.143. The van der Waals surface area contributed by atoms with E-state index in [1.165, 1.54) is 12.1 Å². The van der Waals surface area contributed by atoms with E-state index in [1.807, 2.05) is 18.3 Å². The Balaban J connectivity index is 1.67. The fourth-order valence-electron chi connectivity index (χ4n) is 3.24. The number of nitrogens with zero attached hydrogens (tertiary/aromatic N) is 2. The number of nitrogens with two attached hydrogens (primary N) is 1. The Bertz CT molecular complexity index is 1110. The molecule has 0 unspecified atom stereocenters. The Morgan fingerprint density at radius 2 is 1.82 bits per heavy atom. The molecule has 0 aliphatic rings. The number of fused-ring (bicyclic) bond motifs is 1. The van der Waals surface area contributed by atoms with Crippen LogP contribution >= 0.6 is 0 Å². The van der Waals surface area contributed by atoms with Gasteiger partial charge in [-0.25, -0.2) is 4.98 Å². The van der Waals surface area contributed by atoms with Crippen LogP contribution in [0, 0.1) is 0 Å². The largest absolute Gasteiger partial charge is 0.417 e. The minimum atomic E-state index is -4.46. The van der Waals surface area contributed by atoms with Crippen molar-refractivity contribution >= 4 is 11.0 Å². The molecule has 142 valence electrons. The van der Waals surface area contributed by atoms with E-state index in [4.69, 9.17) is 5.73 Å². The highest BCUT2D eigenvalue weighted by molar-refractivity contribution is 5.79. The summed E-state index contributed by atoms with van der Waals surface area (Å²) in [6.45, 7) is 0.165. The van der Waals surface area contributed by atoms with Crippen LogP contribution in [0.5, 0.6) is 0 Å². The molecule has 1 aromatic carbocycles. The van der Waals surface area contributed by atoms with Crippen LogP contribution in [0.3, 0.4) is 0 Å². The second kappa shape index (κ2) is 7.09. The number of halogens is 3. The van der Waals surface area contributed by atoms with Crippen molar-refractivity contribution in [3.8, 4) is 11.3 Å². The zero-order valence-electron chi connectivity index (χ0n) is 14.8. The van der Waals surface area contributed by atoms with Gasteiger partial charge in [0.15, 0.2) is 0 Å². The first-order valence-corrected chi connectivity index (χ1v) is 8.72. The van der Waals surface area contributed by atoms with Crippen LogP contribution in [0.15, 0.2) is 61.1 Å². The maximum atomic E-state index is 13.4. The Labute approximate surface area is 159 Å². The van der Waals surface area contributed by atoms with Crippen molar-refractivity contribution in [1.29, 1.82) is 0 Å². The van der Waals surface area contributed by atoms with Crippen molar-refractivity contribution in [2.75, 3.05) is 0 Å². The van der Waals surface area contributed by atoms with E-state index < -0.39 is 11.7 Å². The number of nitrogens with one attached hydrogen (secondary N) is 1. The van der Waals surface area contributed by atoms with E-state index >= 15 is 0 Å². The number of hydrogen-bond donors (Lipinski definition) is 2. The van der Waals surface area contributed by atoms with E-state index in [0.717, 1.165) is 28.2 Å². The van der Waals surface area contributed by atoms with Crippen LogP contribution in [0.25, 0.3) is 22.3 Å². The number of hydrogen-bond acceptors (Lipinski definition) is 3. The average Bonchev–Trinajstić information content (AvgIpc) is 3.10. The summed E-state index contributed by atoms with van der Waals surface area (Å²) in [4.78, 5) is 11.7. The summed E-state index contributed by atoms with van der Waals surface area (Å²) in [6, 6.07) is 11.2. The third-order valence-corrected chi connectivity index (χ3v) is 4.66. The summed E-state index contributed by atoms with van der Waals surface area (Å²) < 4.78 is 40.1. The van der Waals surface area contributed by atoms with Crippen molar-refractivity contribution in [2.24, 2.45) is 5.73 Å². The molecule has 0 aliphatic carbocycles. The molecule has 0 aliphatic heterocycles. The summed E-state index contributed by atoms with van der Waals surface area (Å²) in [5, 5.41) is 1.02. The van der Waals surface area contributed by atoms with Crippen molar-refractivity contribution < 1.29 is 13.2 Å². The molecule has 4 nitrogen and oxygen atoms in total. The Kier molecular flexibility index (Phi) is 4.60. The molecule has 4 aromatic rings. The molecule has 28 heavy (non-hydrogen) atoms. The number of benzene rings is 1. The molecule has 3 N–H and O–H groups in total. The number of aromatic amines is 1. The van der Waals surface area contributed by atoms with Crippen molar-refractivity contribution in [3.05, 3.63) is 83.3 Å². The zero-order valence-corrected chi connectivity index (χ0v) is 14.8. The van der Waals surface area contributed by atoms with E-state index in [9.17, 15) is 13.2 Å². The van der Waals surface area contributed by atoms with Crippen LogP contribution < -0.4 is 5.73 Å². The number of aromatic nitrogens is 3. The Morgan fingerprint density at radius 3 is 2.54 bits per heavy atom. The van der Waals surface area contributed by atoms with E-state index in [-0.39, 0.29) is 17.8 Å². The van der Waals surface area contributed by atoms with Gasteiger partial charge in [-0.2, -0.15) is 13.2 Å². The van der Waals surface area contributed by atoms with Gasteiger partial charge in [0, 0.05) is 42.5 Å². The number of alkyl halides is 3. The molecular weight excluding hydrogens is 365 g/mol. The average molecular weight is 382 g/mol. The Hall–Kier alpha value is -3.19. The highest BCUT2D eigenvalue weighted by Gasteiger charge is 2.34. The van der Waals surface area contributed by atoms with Crippen LogP contribution in [-0.2, 0) is 19.1 Å². The molecule has 0 radical (unpaired) electrons. The second-order valence-corrected chi connectivity index (χ2v) is 6.52. The molecule has 0 saturated carbocycles. The van der Waals surface area contributed by atoms with Crippen LogP contribution in [-0.4, -0.2) is 15.0 Å². The minimum Gasteiger partial charge on any atom is -0.346 e. The summed E-state index contributed by atoms with van der Waals surface area (Å²) >= 11 is 0. The van der Waals surface area contributed by atoms with Crippen LogP contribution in [0.1, 0.15) is 22.3 Å². The maximum Gasteiger partial charge on any atom is 0.417 e. The van der Waals surface area contributed by atoms with Gasteiger partial charge in [0.1, 0.15) is 5.65 Å². The van der Waals surface area contributed by atoms with Gasteiger partial charge in [-0.3, -0.25) is 4.98 Å². The fourth-order valence-corrected chi connectivity index (χ4v) is 3.24. The van der Waals surface area contributed by atoms with E-state index in [0.29, 0.717) is 12.0 Å². The highest BCUT2D eigenvalue weighted by Crippen LogP contribution is 2.37. The molecule has 0 spiro atoms. The van der Waals surface area contributed by atoms with Crippen LogP contribution in [0.4, 0.5) is 13.2 Å². The third-order valence-electron chi connectivity index (χ3n) is 4.66. The number of H-pyrrole nitrogens is 1. The molecule has 0 saturated heterocycles. The first-order chi connectivity index (χ1) is 13.5. The van der Waals surface area contributed by atoms with Gasteiger partial charge in [0.05, 0.1) is 11.3 Å². The van der Waals surface area contributed by atoms with Crippen molar-refractivity contribution in [3.63, 3.8) is 0 Å². The number of rotatable bonds is 4. The van der Waals surface area contributed by atoms with Gasteiger partial charge < -0.3 is 10.7 Å². The van der Waals surface area contributed by atoms with Gasteiger partial charge in [-0.1, -0.05) is 12.1 Å². The first-order valence-electron chi connectivity index (χ1n) is 8.72. The van der Waals surface area contributed by atoms with E-state index in [1.54, 1.807) is 24.5 Å². The van der Waals surface area contributed by atoms with Gasteiger partial charge in [-0.05, 0) is 47.0 Å². The van der Waals surface area contributed by atoms with Crippen LogP contribution in [0.2, 0.25) is 0 Å². The molecule has 4 rings (SSSR count). The summed E-state index contributed by atoms with van der Waals surface area (Å²) in [5.74, 6) is 0. The molecule has 3 aromatic heterocycles. The standard InChI is InChI=1S/C21H17F3N4/c22-21(23,24)18-5-3-13(10-25)9-17(18)19-6-4-14(11-27-19)8-15-12-28-20-16(15)2-1-7-26-20/h1-7,9,11-12H,8,10,25H2,(H,26,28). The van der Waals surface area contributed by atoms with Gasteiger partial charge in [0.2, 0.25) is 0 Å². The lowest BCUT2D eigenvalue weighted by molar-refractivity contribution is -0.137. The summed E-state index contributed by atoms with van der Waals surface area (Å²) in [6.07, 6.45) is 1.36. The number of pyridine rings is 2. The van der Waals surface area contributed by atoms with Gasteiger partial charge in [0.25, 0.3) is 0 Å². The first kappa shape index (κ1) is 18.2. The molecule has 0 fully saturated rings. The van der Waals surface area contributed by atoms with Crippen molar-refractivity contribution in [1.82, 2.24) is 15.0 Å². The Morgan fingerprint density at radius 1 is 1.00 bits per heavy atom. The lowest BCUT2D eigenvalue weighted by Gasteiger charge is -2.14. The molecule has 7 heteroatoms. The summed E-state index contributed by atoms with van der Waals surface area (Å²) in [7, 11) is 0. The minimum absolute atomic E-state index is 0.0401. The normalized spacial score (nSPS) is 11.9. The molecule has 0 bridgehead atoms. The highest BCUT2D eigenvalue weighted by atomic mass is 19.4. The summed E-state index contributed by atoms with van der Waals surface area (Å²) in [5.41, 5.74) is 8.57. The van der Waals surface area contributed by atoms with E-state index in [2.05, 4.69) is 15.0 Å². The lowest BCUT2D eigenvalue weighted by atomic mass is 9.99. The van der Waals surface area contributed by atoms with Crippen molar-refractivity contribution in [2.45, 2.75) is 19.1 Å². The second-order valence-electron chi connectivity index (χ2n) is 6.52. The monoisotopic (exact) mass is 382 g/mol. The maximum absolute atomic E-state index is 13.4. The predicted octanol–water partition coefficient (Wildman–Crippen LogP) is 4.69. The molecule has 0 amide bonds. The predicted molar refractivity (Wildman–Crippen MR) is 101 cm³/mol. The smallest absolute Gasteiger partial charge is 0.346 e.